The van der Waals surface area contributed by atoms with Crippen LogP contribution in [0.25, 0.3) is 0 Å². The van der Waals surface area contributed by atoms with E-state index in [0.717, 1.165) is 11.3 Å². The smallest absolute Gasteiger partial charge is 0.231 e. The lowest BCUT2D eigenvalue weighted by Crippen LogP contribution is -2.38. The zero-order chi connectivity index (χ0) is 15.1. The minimum atomic E-state index is -0.509. The molecule has 3 nitrogen and oxygen atoms in total. The van der Waals surface area contributed by atoms with Crippen LogP contribution in [0.1, 0.15) is 18.9 Å². The summed E-state index contributed by atoms with van der Waals surface area (Å²) in [6.07, 6.45) is 0.457. The number of aliphatic hydroxyl groups is 1. The van der Waals surface area contributed by atoms with Crippen molar-refractivity contribution in [2.45, 2.75) is 25.9 Å². The maximum atomic E-state index is 12.6. The summed E-state index contributed by atoms with van der Waals surface area (Å²) in [6, 6.07) is 19.2. The fourth-order valence-electron chi connectivity index (χ4n) is 2.16. The van der Waals surface area contributed by atoms with Crippen molar-refractivity contribution >= 4 is 11.6 Å². The Balaban J connectivity index is 2.16. The maximum Gasteiger partial charge on any atom is 0.231 e. The number of amides is 1. The Morgan fingerprint density at radius 1 is 1.05 bits per heavy atom. The first-order chi connectivity index (χ1) is 10.2. The average Bonchev–Trinajstić information content (AvgIpc) is 2.54. The molecule has 0 radical (unpaired) electrons. The Morgan fingerprint density at radius 3 is 2.19 bits per heavy atom. The molecule has 110 valence electrons. The Hall–Kier alpha value is -2.13. The van der Waals surface area contributed by atoms with Crippen LogP contribution in [0.5, 0.6) is 0 Å². The monoisotopic (exact) mass is 283 g/mol. The molecule has 2 aromatic carbocycles. The molecule has 1 atom stereocenters. The number of hydrogen-bond donors (Lipinski definition) is 1. The summed E-state index contributed by atoms with van der Waals surface area (Å²) in [6.45, 7) is 2.24. The fraction of sp³-hybridized carbons (Fsp3) is 0.278. The van der Waals surface area contributed by atoms with E-state index in [1.165, 1.54) is 0 Å². The minimum absolute atomic E-state index is 0.0000926. The summed E-state index contributed by atoms with van der Waals surface area (Å²) in [4.78, 5) is 14.2. The Bertz CT molecular complexity index is 554. The third-order valence-electron chi connectivity index (χ3n) is 3.43. The fourth-order valence-corrected chi connectivity index (χ4v) is 2.16. The molecule has 2 rings (SSSR count). The first-order valence-corrected chi connectivity index (χ1v) is 7.28. The Labute approximate surface area is 125 Å². The molecule has 0 aliphatic rings. The molecule has 0 saturated carbocycles. The van der Waals surface area contributed by atoms with E-state index in [1.807, 2.05) is 67.6 Å². The topological polar surface area (TPSA) is 40.5 Å². The molecule has 0 aliphatic heterocycles. The van der Waals surface area contributed by atoms with Crippen LogP contribution in [-0.4, -0.2) is 23.7 Å². The molecule has 0 bridgehead atoms. The normalized spacial score (nSPS) is 11.9. The van der Waals surface area contributed by atoms with Crippen LogP contribution < -0.4 is 4.90 Å². The molecule has 0 aromatic heterocycles. The number of rotatable bonds is 6. The van der Waals surface area contributed by atoms with Gasteiger partial charge in [-0.15, -0.1) is 0 Å². The summed E-state index contributed by atoms with van der Waals surface area (Å²) in [5.41, 5.74) is 1.81. The van der Waals surface area contributed by atoms with Gasteiger partial charge in [-0.25, -0.2) is 0 Å². The molecule has 1 N–H and O–H groups in total. The number of carbonyl (C=O) groups excluding carboxylic acids is 1. The van der Waals surface area contributed by atoms with Gasteiger partial charge < -0.3 is 10.0 Å². The first-order valence-electron chi connectivity index (χ1n) is 7.28. The van der Waals surface area contributed by atoms with Crippen molar-refractivity contribution in [3.8, 4) is 0 Å². The molecule has 0 spiro atoms. The highest BCUT2D eigenvalue weighted by Crippen LogP contribution is 2.16. The molecule has 1 unspecified atom stereocenters. The third kappa shape index (κ3) is 4.43. The quantitative estimate of drug-likeness (QED) is 0.885. The van der Waals surface area contributed by atoms with Crippen molar-refractivity contribution in [3.63, 3.8) is 0 Å². The van der Waals surface area contributed by atoms with Crippen molar-refractivity contribution < 1.29 is 9.90 Å². The largest absolute Gasteiger partial charge is 0.391 e. The predicted octanol–water partition coefficient (Wildman–Crippen LogP) is 3.03. The highest BCUT2D eigenvalue weighted by Gasteiger charge is 2.18. The van der Waals surface area contributed by atoms with Crippen LogP contribution in [0.15, 0.2) is 60.7 Å². The lowest BCUT2D eigenvalue weighted by Gasteiger charge is -2.25. The molecule has 0 fully saturated rings. The van der Waals surface area contributed by atoms with Crippen molar-refractivity contribution in [2.24, 2.45) is 0 Å². The van der Waals surface area contributed by atoms with Gasteiger partial charge in [0.05, 0.1) is 19.1 Å². The number of aliphatic hydroxyl groups excluding tert-OH is 1. The number of hydrogen-bond acceptors (Lipinski definition) is 2. The van der Waals surface area contributed by atoms with E-state index >= 15 is 0 Å². The molecule has 2 aromatic rings. The summed E-state index contributed by atoms with van der Waals surface area (Å²) < 4.78 is 0. The van der Waals surface area contributed by atoms with E-state index in [-0.39, 0.29) is 5.91 Å². The van der Waals surface area contributed by atoms with E-state index < -0.39 is 6.10 Å². The summed E-state index contributed by atoms with van der Waals surface area (Å²) >= 11 is 0. The summed E-state index contributed by atoms with van der Waals surface area (Å²) in [5.74, 6) is -0.0000926. The van der Waals surface area contributed by atoms with E-state index in [2.05, 4.69) is 0 Å². The van der Waals surface area contributed by atoms with Crippen molar-refractivity contribution in [1.82, 2.24) is 0 Å². The number of para-hydroxylation sites is 1. The molecular formula is C18H21NO2. The van der Waals surface area contributed by atoms with Crippen LogP contribution in [-0.2, 0) is 11.2 Å². The van der Waals surface area contributed by atoms with Gasteiger partial charge in [0.2, 0.25) is 5.91 Å². The van der Waals surface area contributed by atoms with Crippen molar-refractivity contribution in [3.05, 3.63) is 66.2 Å². The number of benzene rings is 2. The highest BCUT2D eigenvalue weighted by atomic mass is 16.3. The number of carbonyl (C=O) groups is 1. The zero-order valence-electron chi connectivity index (χ0n) is 12.3. The van der Waals surface area contributed by atoms with Crippen LogP contribution in [0, 0.1) is 0 Å². The second kappa shape index (κ2) is 7.60. The molecule has 1 amide bonds. The van der Waals surface area contributed by atoms with Crippen LogP contribution in [0.2, 0.25) is 0 Å². The molecule has 0 saturated heterocycles. The third-order valence-corrected chi connectivity index (χ3v) is 3.43. The Kier molecular flexibility index (Phi) is 5.52. The molecule has 3 heteroatoms. The average molecular weight is 283 g/mol. The van der Waals surface area contributed by atoms with Gasteiger partial charge in [0.15, 0.2) is 0 Å². The van der Waals surface area contributed by atoms with Gasteiger partial charge in [-0.3, -0.25) is 4.79 Å². The maximum absolute atomic E-state index is 12.6. The molecule has 21 heavy (non-hydrogen) atoms. The summed E-state index contributed by atoms with van der Waals surface area (Å²) in [5, 5.41) is 9.91. The van der Waals surface area contributed by atoms with Gasteiger partial charge in [0.1, 0.15) is 0 Å². The van der Waals surface area contributed by atoms with E-state index in [0.29, 0.717) is 19.4 Å². The number of anilines is 1. The number of nitrogens with zero attached hydrogens (tertiary/aromatic N) is 1. The van der Waals surface area contributed by atoms with Gasteiger partial charge >= 0.3 is 0 Å². The molecule has 0 aliphatic carbocycles. The van der Waals surface area contributed by atoms with Gasteiger partial charge in [0, 0.05) is 5.69 Å². The standard InChI is InChI=1S/C18H21NO2/c1-2-17(20)14-19(16-11-7-4-8-12-16)18(21)13-15-9-5-3-6-10-15/h3-12,17,20H,2,13-14H2,1H3. The Morgan fingerprint density at radius 2 is 1.62 bits per heavy atom. The lowest BCUT2D eigenvalue weighted by atomic mass is 10.1. The molecule has 0 heterocycles. The van der Waals surface area contributed by atoms with Crippen molar-refractivity contribution in [2.75, 3.05) is 11.4 Å². The first kappa shape index (κ1) is 15.3. The van der Waals surface area contributed by atoms with Crippen LogP contribution in [0.4, 0.5) is 5.69 Å². The zero-order valence-corrected chi connectivity index (χ0v) is 12.3. The second-order valence-corrected chi connectivity index (χ2v) is 5.06. The lowest BCUT2D eigenvalue weighted by molar-refractivity contribution is -0.118. The van der Waals surface area contributed by atoms with Gasteiger partial charge in [0.25, 0.3) is 0 Å². The van der Waals surface area contributed by atoms with Gasteiger partial charge in [-0.05, 0) is 24.1 Å². The predicted molar refractivity (Wildman–Crippen MR) is 85.2 cm³/mol. The SMILES string of the molecule is CCC(O)CN(C(=O)Cc1ccccc1)c1ccccc1. The van der Waals surface area contributed by atoms with Crippen LogP contribution >= 0.6 is 0 Å². The van der Waals surface area contributed by atoms with E-state index in [1.54, 1.807) is 4.90 Å². The van der Waals surface area contributed by atoms with E-state index in [4.69, 9.17) is 0 Å². The second-order valence-electron chi connectivity index (χ2n) is 5.06. The highest BCUT2D eigenvalue weighted by molar-refractivity contribution is 5.94. The molecular weight excluding hydrogens is 262 g/mol. The van der Waals surface area contributed by atoms with Crippen LogP contribution in [0.3, 0.4) is 0 Å². The van der Waals surface area contributed by atoms with E-state index in [9.17, 15) is 9.90 Å². The summed E-state index contributed by atoms with van der Waals surface area (Å²) in [7, 11) is 0. The van der Waals surface area contributed by atoms with Gasteiger partial charge in [-0.1, -0.05) is 55.5 Å². The minimum Gasteiger partial charge on any atom is -0.391 e. The van der Waals surface area contributed by atoms with Crippen molar-refractivity contribution in [1.29, 1.82) is 0 Å². The van der Waals surface area contributed by atoms with Gasteiger partial charge in [-0.2, -0.15) is 0 Å².